The third-order valence-electron chi connectivity index (χ3n) is 3.22. The molecule has 0 spiro atoms. The highest BCUT2D eigenvalue weighted by Gasteiger charge is 2.16. The topological polar surface area (TPSA) is 89.2 Å². The van der Waals surface area contributed by atoms with Gasteiger partial charge < -0.3 is 20.7 Å². The Morgan fingerprint density at radius 2 is 2.15 bits per heavy atom. The van der Waals surface area contributed by atoms with Crippen molar-refractivity contribution in [2.24, 2.45) is 5.73 Å². The lowest BCUT2D eigenvalue weighted by molar-refractivity contribution is 0.122. The van der Waals surface area contributed by atoms with Crippen LogP contribution in [0.4, 0.5) is 11.8 Å². The molecule has 3 N–H and O–H groups in total. The summed E-state index contributed by atoms with van der Waals surface area (Å²) >= 11 is 0. The van der Waals surface area contributed by atoms with Crippen LogP contribution in [0.5, 0.6) is 0 Å². The van der Waals surface area contributed by atoms with Gasteiger partial charge in [0.15, 0.2) is 0 Å². The van der Waals surface area contributed by atoms with Gasteiger partial charge in [-0.15, -0.1) is 0 Å². The van der Waals surface area contributed by atoms with E-state index in [1.165, 1.54) is 0 Å². The fraction of sp³-hybridized carbons (Fsp3) is 0.462. The lowest BCUT2D eigenvalue weighted by Crippen LogP contribution is -2.37. The van der Waals surface area contributed by atoms with Gasteiger partial charge in [0, 0.05) is 37.8 Å². The highest BCUT2D eigenvalue weighted by atomic mass is 16.5. The minimum Gasteiger partial charge on any atom is -0.378 e. The SMILES string of the molecule is NCCNc1nc(N2CCOCC2)nc2cnccc12. The molecule has 0 saturated carbocycles. The van der Waals surface area contributed by atoms with Crippen LogP contribution < -0.4 is 16.0 Å². The van der Waals surface area contributed by atoms with Crippen molar-refractivity contribution >= 4 is 22.7 Å². The standard InChI is InChI=1S/C13H18N6O/c14-2-4-16-12-10-1-3-15-9-11(10)17-13(18-12)19-5-7-20-8-6-19/h1,3,9H,2,4-8,14H2,(H,16,17,18). The molecule has 0 aromatic carbocycles. The molecule has 0 aliphatic carbocycles. The highest BCUT2D eigenvalue weighted by Crippen LogP contribution is 2.22. The number of aromatic nitrogens is 3. The first-order valence-corrected chi connectivity index (χ1v) is 6.77. The number of morpholine rings is 1. The first-order chi connectivity index (χ1) is 9.88. The lowest BCUT2D eigenvalue weighted by atomic mass is 10.3. The molecule has 0 unspecified atom stereocenters. The van der Waals surface area contributed by atoms with Crippen molar-refractivity contribution in [3.05, 3.63) is 18.5 Å². The molecule has 1 fully saturated rings. The highest BCUT2D eigenvalue weighted by molar-refractivity contribution is 5.89. The number of nitrogens with zero attached hydrogens (tertiary/aromatic N) is 4. The number of hydrogen-bond donors (Lipinski definition) is 2. The fourth-order valence-electron chi connectivity index (χ4n) is 2.20. The van der Waals surface area contributed by atoms with E-state index in [0.717, 1.165) is 29.8 Å². The molecule has 0 bridgehead atoms. The fourth-order valence-corrected chi connectivity index (χ4v) is 2.20. The van der Waals surface area contributed by atoms with Crippen molar-refractivity contribution in [3.63, 3.8) is 0 Å². The van der Waals surface area contributed by atoms with Crippen LogP contribution in [0, 0.1) is 0 Å². The van der Waals surface area contributed by atoms with Crippen LogP contribution >= 0.6 is 0 Å². The van der Waals surface area contributed by atoms with Crippen LogP contribution in [0.1, 0.15) is 0 Å². The van der Waals surface area contributed by atoms with Gasteiger partial charge in [0.25, 0.3) is 0 Å². The molecule has 3 heterocycles. The number of nitrogens with one attached hydrogen (secondary N) is 1. The monoisotopic (exact) mass is 274 g/mol. The van der Waals surface area contributed by atoms with E-state index in [1.807, 2.05) is 6.07 Å². The first kappa shape index (κ1) is 13.0. The number of rotatable bonds is 4. The van der Waals surface area contributed by atoms with Crippen LogP contribution in [-0.2, 0) is 4.74 Å². The van der Waals surface area contributed by atoms with Gasteiger partial charge in [0.1, 0.15) is 5.82 Å². The van der Waals surface area contributed by atoms with Gasteiger partial charge in [0.05, 0.1) is 24.9 Å². The third-order valence-corrected chi connectivity index (χ3v) is 3.22. The molecule has 1 saturated heterocycles. The van der Waals surface area contributed by atoms with Crippen LogP contribution in [-0.4, -0.2) is 54.3 Å². The molecule has 3 rings (SSSR count). The Morgan fingerprint density at radius 3 is 2.95 bits per heavy atom. The summed E-state index contributed by atoms with van der Waals surface area (Å²) in [6.45, 7) is 4.27. The number of hydrogen-bond acceptors (Lipinski definition) is 7. The molecular formula is C13H18N6O. The van der Waals surface area contributed by atoms with E-state index in [9.17, 15) is 0 Å². The summed E-state index contributed by atoms with van der Waals surface area (Å²) < 4.78 is 5.36. The molecular weight excluding hydrogens is 256 g/mol. The quantitative estimate of drug-likeness (QED) is 0.825. The second-order valence-electron chi connectivity index (χ2n) is 4.58. The Morgan fingerprint density at radius 1 is 1.30 bits per heavy atom. The number of ether oxygens (including phenoxy) is 1. The zero-order valence-corrected chi connectivity index (χ0v) is 11.2. The maximum absolute atomic E-state index is 5.56. The Kier molecular flexibility index (Phi) is 3.89. The third kappa shape index (κ3) is 2.63. The Bertz CT molecular complexity index is 584. The second-order valence-corrected chi connectivity index (χ2v) is 4.58. The van der Waals surface area contributed by atoms with E-state index in [0.29, 0.717) is 32.3 Å². The second kappa shape index (κ2) is 5.98. The molecule has 7 nitrogen and oxygen atoms in total. The van der Waals surface area contributed by atoms with Crippen LogP contribution in [0.25, 0.3) is 10.9 Å². The molecule has 7 heteroatoms. The van der Waals surface area contributed by atoms with Crippen molar-refractivity contribution in [3.8, 4) is 0 Å². The summed E-state index contributed by atoms with van der Waals surface area (Å²) in [6, 6.07) is 1.91. The summed E-state index contributed by atoms with van der Waals surface area (Å²) in [5.41, 5.74) is 6.39. The lowest BCUT2D eigenvalue weighted by Gasteiger charge is -2.27. The number of pyridine rings is 1. The van der Waals surface area contributed by atoms with Gasteiger partial charge in [-0.25, -0.2) is 4.98 Å². The molecule has 1 aliphatic heterocycles. The average Bonchev–Trinajstić information content (AvgIpc) is 2.53. The van der Waals surface area contributed by atoms with E-state index in [2.05, 4.69) is 25.2 Å². The zero-order chi connectivity index (χ0) is 13.8. The first-order valence-electron chi connectivity index (χ1n) is 6.77. The largest absolute Gasteiger partial charge is 0.378 e. The predicted octanol–water partition coefficient (Wildman–Crippen LogP) is 0.232. The van der Waals surface area contributed by atoms with E-state index in [-0.39, 0.29) is 0 Å². The predicted molar refractivity (Wildman–Crippen MR) is 77.9 cm³/mol. The van der Waals surface area contributed by atoms with Crippen molar-refractivity contribution in [2.45, 2.75) is 0 Å². The van der Waals surface area contributed by atoms with Gasteiger partial charge in [0.2, 0.25) is 5.95 Å². The summed E-state index contributed by atoms with van der Waals surface area (Å²) in [5.74, 6) is 1.53. The normalized spacial score (nSPS) is 15.6. The summed E-state index contributed by atoms with van der Waals surface area (Å²) in [7, 11) is 0. The summed E-state index contributed by atoms with van der Waals surface area (Å²) in [4.78, 5) is 15.5. The Labute approximate surface area is 117 Å². The molecule has 106 valence electrons. The maximum atomic E-state index is 5.56. The minimum atomic E-state index is 0.559. The van der Waals surface area contributed by atoms with Crippen molar-refractivity contribution in [2.75, 3.05) is 49.6 Å². The van der Waals surface area contributed by atoms with Gasteiger partial charge in [-0.1, -0.05) is 0 Å². The van der Waals surface area contributed by atoms with Crippen LogP contribution in [0.2, 0.25) is 0 Å². The van der Waals surface area contributed by atoms with Crippen LogP contribution in [0.3, 0.4) is 0 Å². The van der Waals surface area contributed by atoms with E-state index < -0.39 is 0 Å². The number of fused-ring (bicyclic) bond motifs is 1. The number of anilines is 2. The number of nitrogens with two attached hydrogens (primary N) is 1. The molecule has 2 aromatic heterocycles. The van der Waals surface area contributed by atoms with Gasteiger partial charge >= 0.3 is 0 Å². The van der Waals surface area contributed by atoms with Gasteiger partial charge in [-0.05, 0) is 6.07 Å². The van der Waals surface area contributed by atoms with Crippen molar-refractivity contribution < 1.29 is 4.74 Å². The van der Waals surface area contributed by atoms with E-state index >= 15 is 0 Å². The Hall–Kier alpha value is -1.99. The minimum absolute atomic E-state index is 0.559. The van der Waals surface area contributed by atoms with E-state index in [4.69, 9.17) is 10.5 Å². The van der Waals surface area contributed by atoms with Crippen molar-refractivity contribution in [1.82, 2.24) is 15.0 Å². The van der Waals surface area contributed by atoms with Crippen LogP contribution in [0.15, 0.2) is 18.5 Å². The summed E-state index contributed by atoms with van der Waals surface area (Å²) in [6.07, 6.45) is 3.50. The van der Waals surface area contributed by atoms with Gasteiger partial charge in [-0.3, -0.25) is 4.98 Å². The molecule has 1 aliphatic rings. The van der Waals surface area contributed by atoms with Crippen molar-refractivity contribution in [1.29, 1.82) is 0 Å². The smallest absolute Gasteiger partial charge is 0.228 e. The molecule has 0 atom stereocenters. The molecule has 2 aromatic rings. The summed E-state index contributed by atoms with van der Waals surface area (Å²) in [5, 5.41) is 4.22. The average molecular weight is 274 g/mol. The van der Waals surface area contributed by atoms with Gasteiger partial charge in [-0.2, -0.15) is 4.98 Å². The molecule has 0 amide bonds. The molecule has 0 radical (unpaired) electrons. The molecule has 20 heavy (non-hydrogen) atoms. The maximum Gasteiger partial charge on any atom is 0.228 e. The Balaban J connectivity index is 1.99. The van der Waals surface area contributed by atoms with E-state index in [1.54, 1.807) is 12.4 Å². The zero-order valence-electron chi connectivity index (χ0n) is 11.2.